The Hall–Kier alpha value is -1.05. The number of hydrogen-bond donors (Lipinski definition) is 0. The summed E-state index contributed by atoms with van der Waals surface area (Å²) >= 11 is 3.34. The highest BCUT2D eigenvalue weighted by Crippen LogP contribution is 2.27. The van der Waals surface area contributed by atoms with Gasteiger partial charge in [0.25, 0.3) is 0 Å². The van der Waals surface area contributed by atoms with Gasteiger partial charge >= 0.3 is 0 Å². The molecule has 1 heterocycles. The predicted molar refractivity (Wildman–Crippen MR) is 89.4 cm³/mol. The zero-order chi connectivity index (χ0) is 16.3. The second kappa shape index (κ2) is 7.02. The minimum Gasteiger partial charge on any atom is -0.359 e. The van der Waals surface area contributed by atoms with E-state index in [0.717, 1.165) is 6.04 Å². The number of aromatic nitrogens is 2. The molecule has 0 aliphatic rings. The highest BCUT2D eigenvalue weighted by Gasteiger charge is 2.16. The van der Waals surface area contributed by atoms with Crippen LogP contribution in [-0.2, 0) is 11.5 Å². The molecule has 2 rings (SSSR count). The Morgan fingerprint density at radius 3 is 2.45 bits per heavy atom. The van der Waals surface area contributed by atoms with Crippen molar-refractivity contribution in [2.75, 3.05) is 6.61 Å². The molecule has 0 aliphatic heterocycles. The summed E-state index contributed by atoms with van der Waals surface area (Å²) in [6, 6.07) is 6.41. The van der Waals surface area contributed by atoms with Crippen molar-refractivity contribution >= 4 is 24.0 Å². The third kappa shape index (κ3) is 4.47. The lowest BCUT2D eigenvalue weighted by atomic mass is 10.1. The van der Waals surface area contributed by atoms with E-state index >= 15 is 0 Å². The number of hydrogen-bond acceptors (Lipinski definition) is 2. The molecule has 3 nitrogen and oxygen atoms in total. The van der Waals surface area contributed by atoms with Gasteiger partial charge in [-0.05, 0) is 40.2 Å². The highest BCUT2D eigenvalue weighted by atomic mass is 79.9. The van der Waals surface area contributed by atoms with Crippen molar-refractivity contribution in [2.24, 2.45) is 0 Å². The van der Waals surface area contributed by atoms with Crippen molar-refractivity contribution in [3.05, 3.63) is 40.5 Å². The van der Waals surface area contributed by atoms with E-state index in [2.05, 4.69) is 40.7 Å². The maximum Gasteiger partial charge on any atom is 0.140 e. The van der Waals surface area contributed by atoms with Crippen LogP contribution in [0.2, 0.25) is 25.7 Å². The molecule has 0 saturated heterocycles. The Kier molecular flexibility index (Phi) is 5.52. The molecule has 1 aromatic heterocycles. The van der Waals surface area contributed by atoms with Crippen molar-refractivity contribution in [1.29, 1.82) is 0 Å². The van der Waals surface area contributed by atoms with Gasteiger partial charge in [-0.1, -0.05) is 25.7 Å². The lowest BCUT2D eigenvalue weighted by Gasteiger charge is -2.15. The van der Waals surface area contributed by atoms with Crippen molar-refractivity contribution in [1.82, 2.24) is 9.78 Å². The summed E-state index contributed by atoms with van der Waals surface area (Å²) in [4.78, 5) is 0. The van der Waals surface area contributed by atoms with E-state index in [0.29, 0.717) is 11.2 Å². The van der Waals surface area contributed by atoms with Gasteiger partial charge in [0.15, 0.2) is 0 Å². The minimum atomic E-state index is -1.14. The summed E-state index contributed by atoms with van der Waals surface area (Å²) in [6.07, 6.45) is 0. The molecule has 0 unspecified atom stereocenters. The summed E-state index contributed by atoms with van der Waals surface area (Å²) in [6.45, 7) is 7.74. The Morgan fingerprint density at radius 2 is 1.86 bits per heavy atom. The van der Waals surface area contributed by atoms with Crippen molar-refractivity contribution in [2.45, 2.75) is 32.4 Å². The number of benzene rings is 1. The molecule has 0 N–H and O–H groups in total. The van der Waals surface area contributed by atoms with E-state index in [9.17, 15) is 8.78 Å². The first-order chi connectivity index (χ1) is 10.3. The zero-order valence-electron chi connectivity index (χ0n) is 12.9. The van der Waals surface area contributed by atoms with Crippen LogP contribution in [0.3, 0.4) is 0 Å². The topological polar surface area (TPSA) is 27.1 Å². The van der Waals surface area contributed by atoms with Gasteiger partial charge in [-0.2, -0.15) is 5.10 Å². The molecular formula is C15H19BrF2N2OSi. The third-order valence-electron chi connectivity index (χ3n) is 3.16. The van der Waals surface area contributed by atoms with Crippen LogP contribution in [0.25, 0.3) is 11.3 Å². The number of halogens is 3. The van der Waals surface area contributed by atoms with Crippen LogP contribution in [0.15, 0.2) is 28.9 Å². The fourth-order valence-electron chi connectivity index (χ4n) is 1.88. The molecule has 0 amide bonds. The molecule has 2 aromatic rings. The number of rotatable bonds is 6. The molecule has 0 bridgehead atoms. The lowest BCUT2D eigenvalue weighted by molar-refractivity contribution is 0.0771. The Morgan fingerprint density at radius 1 is 1.23 bits per heavy atom. The van der Waals surface area contributed by atoms with Crippen LogP contribution in [0.5, 0.6) is 0 Å². The van der Waals surface area contributed by atoms with Gasteiger partial charge in [0.2, 0.25) is 0 Å². The minimum absolute atomic E-state index is 0.121. The maximum absolute atomic E-state index is 13.8. The van der Waals surface area contributed by atoms with E-state index in [1.165, 1.54) is 18.2 Å². The molecule has 0 saturated carbocycles. The normalized spacial score (nSPS) is 11.9. The van der Waals surface area contributed by atoms with Gasteiger partial charge in [0.05, 0.1) is 11.3 Å². The van der Waals surface area contributed by atoms with Crippen LogP contribution in [0.4, 0.5) is 8.78 Å². The lowest BCUT2D eigenvalue weighted by Crippen LogP contribution is -2.22. The summed E-state index contributed by atoms with van der Waals surface area (Å²) in [5.41, 5.74) is 0.125. The largest absolute Gasteiger partial charge is 0.359 e. The fraction of sp³-hybridized carbons (Fsp3) is 0.400. The zero-order valence-corrected chi connectivity index (χ0v) is 15.5. The Balaban J connectivity index is 2.09. The summed E-state index contributed by atoms with van der Waals surface area (Å²) in [7, 11) is -1.14. The molecule has 0 aliphatic carbocycles. The fourth-order valence-corrected chi connectivity index (χ4v) is 3.03. The molecule has 22 heavy (non-hydrogen) atoms. The average molecular weight is 389 g/mol. The molecule has 0 fully saturated rings. The monoisotopic (exact) mass is 388 g/mol. The van der Waals surface area contributed by atoms with Crippen LogP contribution < -0.4 is 0 Å². The second-order valence-corrected chi connectivity index (χ2v) is 12.7. The van der Waals surface area contributed by atoms with Gasteiger partial charge in [-0.25, -0.2) is 13.5 Å². The highest BCUT2D eigenvalue weighted by molar-refractivity contribution is 9.10. The summed E-state index contributed by atoms with van der Waals surface area (Å²) < 4.78 is 35.3. The quantitative estimate of drug-likeness (QED) is 0.519. The van der Waals surface area contributed by atoms with Crippen molar-refractivity contribution in [3.63, 3.8) is 0 Å². The molecule has 0 atom stereocenters. The van der Waals surface area contributed by atoms with E-state index in [4.69, 9.17) is 4.74 Å². The molecule has 7 heteroatoms. The maximum atomic E-state index is 13.8. The van der Waals surface area contributed by atoms with Crippen LogP contribution in [0.1, 0.15) is 0 Å². The van der Waals surface area contributed by atoms with Crippen LogP contribution in [0, 0.1) is 11.6 Å². The van der Waals surface area contributed by atoms with E-state index in [1.807, 2.05) is 0 Å². The number of nitrogens with zero attached hydrogens (tertiary/aromatic N) is 2. The van der Waals surface area contributed by atoms with Crippen molar-refractivity contribution < 1.29 is 13.5 Å². The third-order valence-corrected chi connectivity index (χ3v) is 5.50. The smallest absolute Gasteiger partial charge is 0.140 e. The van der Waals surface area contributed by atoms with Crippen molar-refractivity contribution in [3.8, 4) is 11.3 Å². The van der Waals surface area contributed by atoms with E-state index < -0.39 is 19.7 Å². The Bertz CT molecular complexity index is 635. The molecule has 120 valence electrons. The van der Waals surface area contributed by atoms with Gasteiger partial charge in [-0.3, -0.25) is 0 Å². The molecule has 0 radical (unpaired) electrons. The van der Waals surface area contributed by atoms with Gasteiger partial charge in [0, 0.05) is 14.7 Å². The SMILES string of the molecule is C[Si](C)(C)CCOCn1nc(-c2c(F)cccc2F)cc1Br. The van der Waals surface area contributed by atoms with Gasteiger partial charge in [-0.15, -0.1) is 0 Å². The summed E-state index contributed by atoms with van der Waals surface area (Å²) in [5.74, 6) is -1.26. The standard InChI is InChI=1S/C15H19BrF2N2OSi/c1-22(2,3)8-7-21-10-20-14(16)9-13(19-20)15-11(17)5-4-6-12(15)18/h4-6,9H,7-8,10H2,1-3H3. The van der Waals surface area contributed by atoms with Crippen LogP contribution >= 0.6 is 15.9 Å². The first-order valence-corrected chi connectivity index (χ1v) is 11.5. The van der Waals surface area contributed by atoms with E-state index in [-0.39, 0.29) is 18.0 Å². The van der Waals surface area contributed by atoms with E-state index in [1.54, 1.807) is 10.7 Å². The molecule has 1 aromatic carbocycles. The predicted octanol–water partition coefficient (Wildman–Crippen LogP) is 4.90. The van der Waals surface area contributed by atoms with Crippen LogP contribution in [-0.4, -0.2) is 24.5 Å². The Labute approximate surface area is 138 Å². The first-order valence-electron chi connectivity index (χ1n) is 7.03. The molecular weight excluding hydrogens is 370 g/mol. The average Bonchev–Trinajstić information content (AvgIpc) is 2.74. The summed E-state index contributed by atoms with van der Waals surface area (Å²) in [5, 5.41) is 4.21. The number of ether oxygens (including phenoxy) is 1. The molecule has 0 spiro atoms. The second-order valence-electron chi connectivity index (χ2n) is 6.30. The van der Waals surface area contributed by atoms with Gasteiger partial charge in [0.1, 0.15) is 23.0 Å². The van der Waals surface area contributed by atoms with Gasteiger partial charge < -0.3 is 4.74 Å². The first kappa shape index (κ1) is 17.3.